The van der Waals surface area contributed by atoms with Crippen LogP contribution in [0.3, 0.4) is 0 Å². The summed E-state index contributed by atoms with van der Waals surface area (Å²) in [5.41, 5.74) is 1.81. The molecule has 0 aliphatic carbocycles. The largest absolute Gasteiger partial charge is 0.496 e. The van der Waals surface area contributed by atoms with Crippen molar-refractivity contribution in [2.75, 3.05) is 14.2 Å². The fourth-order valence-electron chi connectivity index (χ4n) is 1.82. The number of hydrogen-bond acceptors (Lipinski definition) is 4. The summed E-state index contributed by atoms with van der Waals surface area (Å²) in [5, 5.41) is 0. The van der Waals surface area contributed by atoms with E-state index in [1.807, 2.05) is 13.0 Å². The lowest BCUT2D eigenvalue weighted by Gasteiger charge is -2.09. The minimum Gasteiger partial charge on any atom is -0.496 e. The lowest BCUT2D eigenvalue weighted by molar-refractivity contribution is 0.103. The summed E-state index contributed by atoms with van der Waals surface area (Å²) < 4.78 is 10.4. The standard InChI is InChI=1S/C15H15NO3/c1-10-6-7-11(9-13(10)19-3)15(17)14-12(18-2)5-4-8-16-14/h4-9H,1-3H3. The Balaban J connectivity index is 2.44. The third-order valence-electron chi connectivity index (χ3n) is 2.88. The van der Waals surface area contributed by atoms with Crippen LogP contribution >= 0.6 is 0 Å². The zero-order chi connectivity index (χ0) is 13.8. The lowest BCUT2D eigenvalue weighted by atomic mass is 10.0. The molecule has 0 atom stereocenters. The molecule has 0 saturated carbocycles. The molecule has 0 saturated heterocycles. The van der Waals surface area contributed by atoms with E-state index in [4.69, 9.17) is 9.47 Å². The predicted octanol–water partition coefficient (Wildman–Crippen LogP) is 2.64. The minimum atomic E-state index is -0.184. The molecular formula is C15H15NO3. The van der Waals surface area contributed by atoms with Gasteiger partial charge >= 0.3 is 0 Å². The molecule has 0 unspecified atom stereocenters. The van der Waals surface area contributed by atoms with Gasteiger partial charge in [-0.05, 0) is 30.7 Å². The van der Waals surface area contributed by atoms with Crippen molar-refractivity contribution < 1.29 is 14.3 Å². The maximum atomic E-state index is 12.4. The van der Waals surface area contributed by atoms with Gasteiger partial charge in [-0.15, -0.1) is 0 Å². The van der Waals surface area contributed by atoms with Crippen molar-refractivity contribution in [3.63, 3.8) is 0 Å². The van der Waals surface area contributed by atoms with Gasteiger partial charge in [0.05, 0.1) is 14.2 Å². The SMILES string of the molecule is COc1cc(C(=O)c2ncccc2OC)ccc1C. The highest BCUT2D eigenvalue weighted by Gasteiger charge is 2.16. The number of nitrogens with zero attached hydrogens (tertiary/aromatic N) is 1. The third-order valence-corrected chi connectivity index (χ3v) is 2.88. The molecule has 2 aromatic rings. The van der Waals surface area contributed by atoms with Gasteiger partial charge < -0.3 is 9.47 Å². The maximum Gasteiger partial charge on any atom is 0.215 e. The van der Waals surface area contributed by atoms with Crippen LogP contribution in [-0.2, 0) is 0 Å². The Labute approximate surface area is 112 Å². The third kappa shape index (κ3) is 2.57. The second kappa shape index (κ2) is 5.52. The molecule has 0 fully saturated rings. The van der Waals surface area contributed by atoms with E-state index in [2.05, 4.69) is 4.98 Å². The van der Waals surface area contributed by atoms with Gasteiger partial charge in [-0.25, -0.2) is 4.98 Å². The number of rotatable bonds is 4. The zero-order valence-corrected chi connectivity index (χ0v) is 11.1. The van der Waals surface area contributed by atoms with Gasteiger partial charge in [-0.3, -0.25) is 4.79 Å². The van der Waals surface area contributed by atoms with Crippen molar-refractivity contribution in [3.05, 3.63) is 53.3 Å². The number of ketones is 1. The van der Waals surface area contributed by atoms with Crippen molar-refractivity contribution in [2.45, 2.75) is 6.92 Å². The van der Waals surface area contributed by atoms with E-state index in [0.29, 0.717) is 22.8 Å². The first kappa shape index (κ1) is 13.1. The highest BCUT2D eigenvalue weighted by Crippen LogP contribution is 2.23. The molecule has 1 aromatic carbocycles. The van der Waals surface area contributed by atoms with Gasteiger partial charge in [-0.1, -0.05) is 12.1 Å². The average molecular weight is 257 g/mol. The summed E-state index contributed by atoms with van der Waals surface area (Å²) in [7, 11) is 3.10. The van der Waals surface area contributed by atoms with E-state index < -0.39 is 0 Å². The fraction of sp³-hybridized carbons (Fsp3) is 0.200. The summed E-state index contributed by atoms with van der Waals surface area (Å²) in [5.74, 6) is 0.962. The van der Waals surface area contributed by atoms with E-state index in [1.165, 1.54) is 7.11 Å². The van der Waals surface area contributed by atoms with Crippen LogP contribution in [0, 0.1) is 6.92 Å². The van der Waals surface area contributed by atoms with Crippen molar-refractivity contribution in [1.29, 1.82) is 0 Å². The molecular weight excluding hydrogens is 242 g/mol. The van der Waals surface area contributed by atoms with Crippen LogP contribution in [-0.4, -0.2) is 25.0 Å². The molecule has 4 heteroatoms. The Kier molecular flexibility index (Phi) is 3.80. The lowest BCUT2D eigenvalue weighted by Crippen LogP contribution is -2.07. The van der Waals surface area contributed by atoms with Crippen LogP contribution in [0.1, 0.15) is 21.6 Å². The summed E-state index contributed by atoms with van der Waals surface area (Å²) in [4.78, 5) is 16.5. The van der Waals surface area contributed by atoms with Gasteiger partial charge in [0.1, 0.15) is 11.5 Å². The average Bonchev–Trinajstić information content (AvgIpc) is 2.47. The Morgan fingerprint density at radius 3 is 2.53 bits per heavy atom. The monoisotopic (exact) mass is 257 g/mol. The number of aryl methyl sites for hydroxylation is 1. The Morgan fingerprint density at radius 1 is 1.11 bits per heavy atom. The van der Waals surface area contributed by atoms with Crippen LogP contribution in [0.4, 0.5) is 0 Å². The molecule has 2 rings (SSSR count). The summed E-state index contributed by atoms with van der Waals surface area (Å²) in [6.07, 6.45) is 1.57. The van der Waals surface area contributed by atoms with Crippen LogP contribution in [0.2, 0.25) is 0 Å². The highest BCUT2D eigenvalue weighted by molar-refractivity contribution is 6.09. The number of ether oxygens (including phenoxy) is 2. The predicted molar refractivity (Wildman–Crippen MR) is 72.0 cm³/mol. The van der Waals surface area contributed by atoms with Crippen molar-refractivity contribution in [1.82, 2.24) is 4.98 Å². The number of methoxy groups -OCH3 is 2. The molecule has 0 aliphatic rings. The number of carbonyl (C=O) groups excluding carboxylic acids is 1. The molecule has 19 heavy (non-hydrogen) atoms. The molecule has 1 heterocycles. The maximum absolute atomic E-state index is 12.4. The quantitative estimate of drug-likeness (QED) is 0.790. The number of carbonyl (C=O) groups is 1. The van der Waals surface area contributed by atoms with Gasteiger partial charge in [0.2, 0.25) is 5.78 Å². The molecule has 0 N–H and O–H groups in total. The Bertz CT molecular complexity index is 608. The summed E-state index contributed by atoms with van der Waals surface area (Å²) in [6.45, 7) is 1.93. The molecule has 0 amide bonds. The normalized spacial score (nSPS) is 10.1. The number of hydrogen-bond donors (Lipinski definition) is 0. The second-order valence-electron chi connectivity index (χ2n) is 4.07. The van der Waals surface area contributed by atoms with E-state index >= 15 is 0 Å². The minimum absolute atomic E-state index is 0.184. The fourth-order valence-corrected chi connectivity index (χ4v) is 1.82. The first-order valence-electron chi connectivity index (χ1n) is 5.85. The molecule has 4 nitrogen and oxygen atoms in total. The Hall–Kier alpha value is -2.36. The Morgan fingerprint density at radius 2 is 1.84 bits per heavy atom. The second-order valence-corrected chi connectivity index (χ2v) is 4.07. The first-order valence-corrected chi connectivity index (χ1v) is 5.85. The van der Waals surface area contributed by atoms with E-state index in [0.717, 1.165) is 5.56 Å². The van der Waals surface area contributed by atoms with E-state index in [9.17, 15) is 4.79 Å². The highest BCUT2D eigenvalue weighted by atomic mass is 16.5. The van der Waals surface area contributed by atoms with E-state index in [-0.39, 0.29) is 5.78 Å². The topological polar surface area (TPSA) is 48.4 Å². The smallest absolute Gasteiger partial charge is 0.215 e. The van der Waals surface area contributed by atoms with Crippen molar-refractivity contribution in [2.24, 2.45) is 0 Å². The number of pyridine rings is 1. The number of benzene rings is 1. The summed E-state index contributed by atoms with van der Waals surface area (Å²) >= 11 is 0. The van der Waals surface area contributed by atoms with Gasteiger partial charge in [0.15, 0.2) is 5.69 Å². The zero-order valence-electron chi connectivity index (χ0n) is 11.1. The van der Waals surface area contributed by atoms with Crippen LogP contribution in [0.5, 0.6) is 11.5 Å². The van der Waals surface area contributed by atoms with Gasteiger partial charge in [-0.2, -0.15) is 0 Å². The van der Waals surface area contributed by atoms with Crippen LogP contribution in [0.15, 0.2) is 36.5 Å². The molecule has 0 aliphatic heterocycles. The van der Waals surface area contributed by atoms with Gasteiger partial charge in [0.25, 0.3) is 0 Å². The van der Waals surface area contributed by atoms with Crippen molar-refractivity contribution in [3.8, 4) is 11.5 Å². The van der Waals surface area contributed by atoms with Crippen LogP contribution in [0.25, 0.3) is 0 Å². The number of aromatic nitrogens is 1. The van der Waals surface area contributed by atoms with Crippen molar-refractivity contribution >= 4 is 5.78 Å². The molecule has 98 valence electrons. The molecule has 0 bridgehead atoms. The molecule has 1 aromatic heterocycles. The molecule has 0 spiro atoms. The summed E-state index contributed by atoms with van der Waals surface area (Å²) in [6, 6.07) is 8.76. The molecule has 0 radical (unpaired) electrons. The van der Waals surface area contributed by atoms with Crippen LogP contribution < -0.4 is 9.47 Å². The van der Waals surface area contributed by atoms with E-state index in [1.54, 1.807) is 37.6 Å². The first-order chi connectivity index (χ1) is 9.17. The van der Waals surface area contributed by atoms with Gasteiger partial charge in [0, 0.05) is 11.8 Å².